The summed E-state index contributed by atoms with van der Waals surface area (Å²) in [4.78, 5) is 2.12. The normalized spacial score (nSPS) is 12.5. The maximum atomic E-state index is 10.4. The fourth-order valence-electron chi connectivity index (χ4n) is 1.81. The lowest BCUT2D eigenvalue weighted by molar-refractivity contribution is 0.218. The van der Waals surface area contributed by atoms with Crippen LogP contribution in [-0.4, -0.2) is 12.2 Å². The number of ether oxygens (including phenoxy) is 1. The second-order valence-corrected chi connectivity index (χ2v) is 6.37. The first-order valence-corrected chi connectivity index (χ1v) is 7.22. The first kappa shape index (κ1) is 13.6. The maximum absolute atomic E-state index is 10.4. The summed E-state index contributed by atoms with van der Waals surface area (Å²) in [5.41, 5.74) is 1.88. The molecule has 1 atom stereocenters. The fraction of sp³-hybridized carbons (Fsp3) is 0.286. The summed E-state index contributed by atoms with van der Waals surface area (Å²) in [7, 11) is 1.62. The van der Waals surface area contributed by atoms with E-state index in [0.717, 1.165) is 20.5 Å². The van der Waals surface area contributed by atoms with Gasteiger partial charge in [-0.05, 0) is 43.7 Å². The van der Waals surface area contributed by atoms with Crippen molar-refractivity contribution in [3.63, 3.8) is 0 Å². The summed E-state index contributed by atoms with van der Waals surface area (Å²) < 4.78 is 6.33. The predicted molar refractivity (Wildman–Crippen MR) is 78.5 cm³/mol. The summed E-state index contributed by atoms with van der Waals surface area (Å²) in [6.07, 6.45) is -0.643. The standard InChI is InChI=1S/C14H15BrO2S/c1-8-6-12(17-3)10(7-11(8)15)14(16)13-5-4-9(2)18-13/h4-7,14,16H,1-3H3. The van der Waals surface area contributed by atoms with Gasteiger partial charge in [0.25, 0.3) is 0 Å². The number of thiophene rings is 1. The zero-order chi connectivity index (χ0) is 13.3. The minimum atomic E-state index is -0.643. The number of methoxy groups -OCH3 is 1. The van der Waals surface area contributed by atoms with E-state index < -0.39 is 6.10 Å². The Balaban J connectivity index is 2.46. The van der Waals surface area contributed by atoms with E-state index in [4.69, 9.17) is 4.74 Å². The molecule has 2 rings (SSSR count). The lowest BCUT2D eigenvalue weighted by Crippen LogP contribution is -2.01. The quantitative estimate of drug-likeness (QED) is 0.915. The molecule has 1 unspecified atom stereocenters. The Labute approximate surface area is 119 Å². The van der Waals surface area contributed by atoms with Gasteiger partial charge in [0.05, 0.1) is 7.11 Å². The molecule has 0 amide bonds. The molecule has 96 valence electrons. The zero-order valence-corrected chi connectivity index (χ0v) is 12.9. The number of aliphatic hydroxyl groups excluding tert-OH is 1. The Bertz CT molecular complexity index is 563. The third-order valence-electron chi connectivity index (χ3n) is 2.84. The molecule has 0 bridgehead atoms. The smallest absolute Gasteiger partial charge is 0.125 e. The molecule has 0 saturated heterocycles. The molecule has 1 aromatic heterocycles. The topological polar surface area (TPSA) is 29.5 Å². The minimum Gasteiger partial charge on any atom is -0.496 e. The van der Waals surface area contributed by atoms with Crippen molar-refractivity contribution in [3.05, 3.63) is 49.6 Å². The van der Waals surface area contributed by atoms with E-state index in [1.54, 1.807) is 18.4 Å². The van der Waals surface area contributed by atoms with Crippen LogP contribution >= 0.6 is 27.3 Å². The van der Waals surface area contributed by atoms with Crippen LogP contribution < -0.4 is 4.74 Å². The number of halogens is 1. The van der Waals surface area contributed by atoms with Crippen molar-refractivity contribution in [3.8, 4) is 5.75 Å². The summed E-state index contributed by atoms with van der Waals surface area (Å²) in [6, 6.07) is 7.83. The highest BCUT2D eigenvalue weighted by Crippen LogP contribution is 2.36. The van der Waals surface area contributed by atoms with Crippen molar-refractivity contribution in [2.45, 2.75) is 20.0 Å². The van der Waals surface area contributed by atoms with Gasteiger partial charge >= 0.3 is 0 Å². The van der Waals surface area contributed by atoms with Crippen LogP contribution in [0.1, 0.15) is 27.0 Å². The Morgan fingerprint density at radius 3 is 2.56 bits per heavy atom. The SMILES string of the molecule is COc1cc(C)c(Br)cc1C(O)c1ccc(C)s1. The van der Waals surface area contributed by atoms with Crippen LogP contribution in [0.3, 0.4) is 0 Å². The van der Waals surface area contributed by atoms with Crippen LogP contribution in [0.15, 0.2) is 28.7 Å². The van der Waals surface area contributed by atoms with Gasteiger partial charge in [-0.15, -0.1) is 11.3 Å². The molecule has 0 aliphatic rings. The van der Waals surface area contributed by atoms with Gasteiger partial charge in [0.1, 0.15) is 11.9 Å². The van der Waals surface area contributed by atoms with Gasteiger partial charge in [0.2, 0.25) is 0 Å². The predicted octanol–water partition coefficient (Wildman–Crippen LogP) is 4.22. The maximum Gasteiger partial charge on any atom is 0.125 e. The molecular formula is C14H15BrO2S. The van der Waals surface area contributed by atoms with Gasteiger partial charge in [-0.2, -0.15) is 0 Å². The van der Waals surface area contributed by atoms with E-state index >= 15 is 0 Å². The molecule has 1 aromatic carbocycles. The van der Waals surface area contributed by atoms with Crippen molar-refractivity contribution >= 4 is 27.3 Å². The van der Waals surface area contributed by atoms with E-state index in [0.29, 0.717) is 5.75 Å². The first-order chi connectivity index (χ1) is 8.52. The van der Waals surface area contributed by atoms with Crippen molar-refractivity contribution in [1.29, 1.82) is 0 Å². The van der Waals surface area contributed by atoms with E-state index in [1.165, 1.54) is 4.88 Å². The van der Waals surface area contributed by atoms with Crippen LogP contribution in [0.25, 0.3) is 0 Å². The minimum absolute atomic E-state index is 0.643. The molecule has 18 heavy (non-hydrogen) atoms. The second kappa shape index (κ2) is 5.43. The molecule has 0 spiro atoms. The average molecular weight is 327 g/mol. The molecule has 0 radical (unpaired) electrons. The summed E-state index contributed by atoms with van der Waals surface area (Å²) in [6.45, 7) is 4.03. The molecular weight excluding hydrogens is 312 g/mol. The van der Waals surface area contributed by atoms with E-state index in [2.05, 4.69) is 15.9 Å². The van der Waals surface area contributed by atoms with Crippen LogP contribution in [0.2, 0.25) is 0 Å². The van der Waals surface area contributed by atoms with E-state index in [9.17, 15) is 5.11 Å². The molecule has 1 heterocycles. The van der Waals surface area contributed by atoms with Gasteiger partial charge in [-0.25, -0.2) is 0 Å². The third kappa shape index (κ3) is 2.60. The highest BCUT2D eigenvalue weighted by atomic mass is 79.9. The van der Waals surface area contributed by atoms with Crippen molar-refractivity contribution < 1.29 is 9.84 Å². The van der Waals surface area contributed by atoms with Crippen LogP contribution in [-0.2, 0) is 0 Å². The van der Waals surface area contributed by atoms with Crippen molar-refractivity contribution in [2.75, 3.05) is 7.11 Å². The lowest BCUT2D eigenvalue weighted by atomic mass is 10.0. The van der Waals surface area contributed by atoms with Gasteiger partial charge in [-0.1, -0.05) is 15.9 Å². The molecule has 0 saturated carbocycles. The molecule has 0 fully saturated rings. The van der Waals surface area contributed by atoms with Gasteiger partial charge in [0, 0.05) is 19.8 Å². The summed E-state index contributed by atoms with van der Waals surface area (Å²) >= 11 is 5.09. The van der Waals surface area contributed by atoms with Gasteiger partial charge in [0.15, 0.2) is 0 Å². The largest absolute Gasteiger partial charge is 0.496 e. The number of benzene rings is 1. The molecule has 2 aromatic rings. The first-order valence-electron chi connectivity index (χ1n) is 5.61. The molecule has 0 aliphatic carbocycles. The third-order valence-corrected chi connectivity index (χ3v) is 4.74. The summed E-state index contributed by atoms with van der Waals surface area (Å²) in [5.74, 6) is 0.717. The average Bonchev–Trinajstić information content (AvgIpc) is 2.78. The lowest BCUT2D eigenvalue weighted by Gasteiger charge is -2.15. The number of hydrogen-bond acceptors (Lipinski definition) is 3. The summed E-state index contributed by atoms with van der Waals surface area (Å²) in [5, 5.41) is 10.4. The number of aryl methyl sites for hydroxylation is 2. The van der Waals surface area contributed by atoms with Crippen LogP contribution in [0.4, 0.5) is 0 Å². The van der Waals surface area contributed by atoms with Crippen LogP contribution in [0.5, 0.6) is 5.75 Å². The highest BCUT2D eigenvalue weighted by molar-refractivity contribution is 9.10. The van der Waals surface area contributed by atoms with Gasteiger partial charge < -0.3 is 9.84 Å². The Hall–Kier alpha value is -0.840. The van der Waals surface area contributed by atoms with Crippen molar-refractivity contribution in [1.82, 2.24) is 0 Å². The number of hydrogen-bond donors (Lipinski definition) is 1. The Kier molecular flexibility index (Phi) is 4.10. The monoisotopic (exact) mass is 326 g/mol. The van der Waals surface area contributed by atoms with Crippen LogP contribution in [0, 0.1) is 13.8 Å². The molecule has 2 nitrogen and oxygen atoms in total. The molecule has 0 aliphatic heterocycles. The fourth-order valence-corrected chi connectivity index (χ4v) is 3.06. The van der Waals surface area contributed by atoms with Gasteiger partial charge in [-0.3, -0.25) is 0 Å². The van der Waals surface area contributed by atoms with E-state index in [1.807, 2.05) is 38.1 Å². The number of rotatable bonds is 3. The Morgan fingerprint density at radius 1 is 1.28 bits per heavy atom. The second-order valence-electron chi connectivity index (χ2n) is 4.19. The van der Waals surface area contributed by atoms with Crippen molar-refractivity contribution in [2.24, 2.45) is 0 Å². The van der Waals surface area contributed by atoms with E-state index in [-0.39, 0.29) is 0 Å². The molecule has 4 heteroatoms. The number of aliphatic hydroxyl groups is 1. The zero-order valence-electron chi connectivity index (χ0n) is 10.5. The molecule has 1 N–H and O–H groups in total. The highest BCUT2D eigenvalue weighted by Gasteiger charge is 2.18. The Morgan fingerprint density at radius 2 is 2.00 bits per heavy atom.